The summed E-state index contributed by atoms with van der Waals surface area (Å²) in [4.78, 5) is 0. The predicted molar refractivity (Wildman–Crippen MR) is 39.4 cm³/mol. The van der Waals surface area contributed by atoms with E-state index in [1.807, 2.05) is 20.8 Å². The Morgan fingerprint density at radius 1 is 1.29 bits per heavy atom. The number of hydrogen-bond donors (Lipinski definition) is 0. The Morgan fingerprint density at radius 2 is 1.43 bits per heavy atom. The molecule has 0 nitrogen and oxygen atoms in total. The van der Waals surface area contributed by atoms with Crippen LogP contribution in [-0.4, -0.2) is 0 Å². The van der Waals surface area contributed by atoms with Gasteiger partial charge in [0.25, 0.3) is 0 Å². The van der Waals surface area contributed by atoms with Gasteiger partial charge >= 0.3 is 0 Å². The van der Waals surface area contributed by atoms with Crippen LogP contribution in [0, 0.1) is 17.8 Å². The van der Waals surface area contributed by atoms with Gasteiger partial charge in [0, 0.05) is 5.41 Å². The van der Waals surface area contributed by atoms with Crippen LogP contribution in [0.25, 0.3) is 0 Å². The molecular weight excluding hydrogens is 103 g/mol. The summed E-state index contributed by atoms with van der Waals surface area (Å²) in [5.74, 6) is 2.60. The van der Waals surface area contributed by atoms with E-state index in [0.717, 1.165) is 0 Å². The number of terminal acetylenes is 1. The second-order valence-corrected chi connectivity index (χ2v) is 2.39. The summed E-state index contributed by atoms with van der Waals surface area (Å²) in [6.45, 7) is 6.02. The third kappa shape index (κ3) is 10.7. The fourth-order valence-electron chi connectivity index (χ4n) is 0. The van der Waals surface area contributed by atoms with Crippen molar-refractivity contribution in [1.82, 2.24) is 0 Å². The van der Waals surface area contributed by atoms with Crippen LogP contribution < -0.4 is 0 Å². The summed E-state index contributed by atoms with van der Waals surface area (Å²) in [6.07, 6.45) is 5.06. The van der Waals surface area contributed by atoms with Crippen molar-refractivity contribution in [3.63, 3.8) is 0 Å². The van der Waals surface area contributed by atoms with Gasteiger partial charge in [0.2, 0.25) is 0 Å². The van der Waals surface area contributed by atoms with Gasteiger partial charge in [-0.05, 0) is 20.8 Å². The highest BCUT2D eigenvalue weighted by molar-refractivity contribution is 6.92. The highest BCUT2D eigenvalue weighted by Crippen LogP contribution is 2.08. The minimum absolute atomic E-state index is 0. The molecule has 7 heavy (non-hydrogen) atoms. The summed E-state index contributed by atoms with van der Waals surface area (Å²) in [5, 5.41) is 0. The molecule has 0 spiro atoms. The SMILES string of the molecule is C#CC(C)(C)C.P. The molecule has 0 aromatic heterocycles. The number of hydrogen-bond acceptors (Lipinski definition) is 0. The first kappa shape index (κ1) is 10.1. The van der Waals surface area contributed by atoms with Crippen molar-refractivity contribution in [2.24, 2.45) is 5.41 Å². The zero-order valence-corrected chi connectivity index (χ0v) is 6.70. The Balaban J connectivity index is 0. The monoisotopic (exact) mass is 116 g/mol. The van der Waals surface area contributed by atoms with Gasteiger partial charge in [0.15, 0.2) is 0 Å². The molecule has 42 valence electrons. The van der Waals surface area contributed by atoms with Gasteiger partial charge in [0.05, 0.1) is 0 Å². The normalized spacial score (nSPS) is 8.86. The van der Waals surface area contributed by atoms with Crippen LogP contribution in [0.4, 0.5) is 0 Å². The highest BCUT2D eigenvalue weighted by atomic mass is 31.0. The first-order valence-corrected chi connectivity index (χ1v) is 2.04. The molecule has 1 heteroatoms. The molecule has 0 amide bonds. The minimum Gasteiger partial charge on any atom is -0.153 e. The average molecular weight is 116 g/mol. The van der Waals surface area contributed by atoms with E-state index in [0.29, 0.717) is 0 Å². The third-order valence-electron chi connectivity index (χ3n) is 0.433. The third-order valence-corrected chi connectivity index (χ3v) is 0.433. The van der Waals surface area contributed by atoms with E-state index in [2.05, 4.69) is 5.92 Å². The van der Waals surface area contributed by atoms with E-state index in [1.165, 1.54) is 0 Å². The van der Waals surface area contributed by atoms with Crippen LogP contribution in [0.15, 0.2) is 0 Å². The van der Waals surface area contributed by atoms with Gasteiger partial charge < -0.3 is 0 Å². The van der Waals surface area contributed by atoms with Crippen LogP contribution in [0.5, 0.6) is 0 Å². The number of rotatable bonds is 0. The van der Waals surface area contributed by atoms with Crippen molar-refractivity contribution in [2.45, 2.75) is 20.8 Å². The van der Waals surface area contributed by atoms with Crippen LogP contribution in [-0.2, 0) is 0 Å². The molecule has 0 bridgehead atoms. The van der Waals surface area contributed by atoms with Crippen LogP contribution in [0.1, 0.15) is 20.8 Å². The average Bonchev–Trinajstić information content (AvgIpc) is 1.35. The molecule has 0 aliphatic carbocycles. The molecular formula is C6H13P. The van der Waals surface area contributed by atoms with Crippen LogP contribution in [0.3, 0.4) is 0 Å². The summed E-state index contributed by atoms with van der Waals surface area (Å²) < 4.78 is 0. The van der Waals surface area contributed by atoms with Gasteiger partial charge in [0.1, 0.15) is 0 Å². The Bertz CT molecular complexity index is 71.2. The van der Waals surface area contributed by atoms with Crippen LogP contribution in [0.2, 0.25) is 0 Å². The zero-order chi connectivity index (χ0) is 5.21. The van der Waals surface area contributed by atoms with Crippen LogP contribution >= 0.6 is 9.90 Å². The second kappa shape index (κ2) is 3.05. The van der Waals surface area contributed by atoms with E-state index in [1.54, 1.807) is 0 Å². The van der Waals surface area contributed by atoms with E-state index in [-0.39, 0.29) is 15.3 Å². The molecule has 0 aromatic carbocycles. The van der Waals surface area contributed by atoms with Crippen molar-refractivity contribution in [3.05, 3.63) is 0 Å². The van der Waals surface area contributed by atoms with E-state index in [4.69, 9.17) is 6.42 Å². The second-order valence-electron chi connectivity index (χ2n) is 2.39. The molecule has 0 aliphatic heterocycles. The fraction of sp³-hybridized carbons (Fsp3) is 0.667. The molecule has 1 unspecified atom stereocenters. The van der Waals surface area contributed by atoms with Crippen molar-refractivity contribution < 1.29 is 0 Å². The molecule has 0 radical (unpaired) electrons. The van der Waals surface area contributed by atoms with Gasteiger partial charge in [-0.2, -0.15) is 9.90 Å². The Morgan fingerprint density at radius 3 is 1.43 bits per heavy atom. The maximum Gasteiger partial charge on any atom is 0.0227 e. The molecule has 0 aliphatic rings. The lowest BCUT2D eigenvalue weighted by atomic mass is 9.99. The first-order valence-electron chi connectivity index (χ1n) is 2.04. The standard InChI is InChI=1S/C6H10.H3P/c1-5-6(2,3)4;/h1H,2-4H3;1H3. The van der Waals surface area contributed by atoms with Crippen molar-refractivity contribution >= 4 is 9.90 Å². The Labute approximate surface area is 49.3 Å². The largest absolute Gasteiger partial charge is 0.153 e. The smallest absolute Gasteiger partial charge is 0.0227 e. The summed E-state index contributed by atoms with van der Waals surface area (Å²) >= 11 is 0. The van der Waals surface area contributed by atoms with E-state index >= 15 is 0 Å². The lowest BCUT2D eigenvalue weighted by Crippen LogP contribution is -1.97. The lowest BCUT2D eigenvalue weighted by molar-refractivity contribution is 0.571. The molecule has 0 rings (SSSR count). The first-order chi connectivity index (χ1) is 2.56. The Hall–Kier alpha value is -0.0100. The van der Waals surface area contributed by atoms with Gasteiger partial charge in [-0.25, -0.2) is 0 Å². The van der Waals surface area contributed by atoms with E-state index < -0.39 is 0 Å². The van der Waals surface area contributed by atoms with Gasteiger partial charge in [-0.3, -0.25) is 0 Å². The molecule has 0 aromatic rings. The minimum atomic E-state index is 0. The topological polar surface area (TPSA) is 0 Å². The molecule has 0 heterocycles. The molecule has 0 fully saturated rings. The Kier molecular flexibility index (Phi) is 4.39. The summed E-state index contributed by atoms with van der Waals surface area (Å²) in [7, 11) is 0. The maximum absolute atomic E-state index is 5.06. The maximum atomic E-state index is 5.06. The highest BCUT2D eigenvalue weighted by Gasteiger charge is 2.00. The van der Waals surface area contributed by atoms with Crippen molar-refractivity contribution in [1.29, 1.82) is 0 Å². The van der Waals surface area contributed by atoms with Gasteiger partial charge in [-0.1, -0.05) is 0 Å². The van der Waals surface area contributed by atoms with Gasteiger partial charge in [-0.15, -0.1) is 12.3 Å². The van der Waals surface area contributed by atoms with Crippen molar-refractivity contribution in [3.8, 4) is 12.3 Å². The predicted octanol–water partition coefficient (Wildman–Crippen LogP) is 1.72. The molecule has 0 saturated carbocycles. The van der Waals surface area contributed by atoms with E-state index in [9.17, 15) is 0 Å². The summed E-state index contributed by atoms with van der Waals surface area (Å²) in [6, 6.07) is 0. The molecule has 0 saturated heterocycles. The summed E-state index contributed by atoms with van der Waals surface area (Å²) in [5.41, 5.74) is 0.0694. The lowest BCUT2D eigenvalue weighted by Gasteiger charge is -2.04. The molecule has 0 N–H and O–H groups in total. The quantitative estimate of drug-likeness (QED) is 0.334. The van der Waals surface area contributed by atoms with Crippen molar-refractivity contribution in [2.75, 3.05) is 0 Å². The zero-order valence-electron chi connectivity index (χ0n) is 5.28. The fourth-order valence-corrected chi connectivity index (χ4v) is 0. The molecule has 1 atom stereocenters.